The van der Waals surface area contributed by atoms with Crippen LogP contribution in [0.2, 0.25) is 0 Å². The minimum atomic E-state index is 0.234. The number of hydrogen-bond donors (Lipinski definition) is 1. The quantitative estimate of drug-likeness (QED) is 0.161. The van der Waals surface area contributed by atoms with E-state index in [4.69, 9.17) is 0 Å². The van der Waals surface area contributed by atoms with E-state index in [2.05, 4.69) is 52.2 Å². The van der Waals surface area contributed by atoms with Crippen molar-refractivity contribution >= 4 is 0 Å². The lowest BCUT2D eigenvalue weighted by atomic mass is 9.72. The van der Waals surface area contributed by atoms with Crippen molar-refractivity contribution in [2.75, 3.05) is 0 Å². The number of hydrogen-bond acceptors (Lipinski definition) is 1. The van der Waals surface area contributed by atoms with Gasteiger partial charge in [-0.3, -0.25) is 0 Å². The first-order chi connectivity index (χ1) is 13.6. The van der Waals surface area contributed by atoms with Crippen LogP contribution < -0.4 is 5.32 Å². The molecule has 0 aromatic heterocycles. The molecule has 1 N–H and O–H groups in total. The molecule has 0 aliphatic heterocycles. The summed E-state index contributed by atoms with van der Waals surface area (Å²) < 4.78 is 0. The zero-order valence-corrected chi connectivity index (χ0v) is 19.9. The molecule has 0 fully saturated rings. The van der Waals surface area contributed by atoms with Crippen LogP contribution in [0.1, 0.15) is 130 Å². The lowest BCUT2D eigenvalue weighted by Crippen LogP contribution is -2.23. The first-order valence-electron chi connectivity index (χ1n) is 12.3. The number of nitrogens with one attached hydrogen (secondary N) is 1. The van der Waals surface area contributed by atoms with E-state index in [-0.39, 0.29) is 5.41 Å². The minimum Gasteiger partial charge on any atom is -0.365 e. The number of unbranched alkanes of at least 4 members (excludes halogenated alkanes) is 10. The molecule has 164 valence electrons. The van der Waals surface area contributed by atoms with Gasteiger partial charge in [0.1, 0.15) is 0 Å². The summed E-state index contributed by atoms with van der Waals surface area (Å²) in [5.74, 6) is 0. The van der Waals surface area contributed by atoms with Crippen molar-refractivity contribution in [2.24, 2.45) is 5.41 Å². The molecule has 1 heteroatoms. The van der Waals surface area contributed by atoms with Crippen LogP contribution in [-0.4, -0.2) is 0 Å². The second kappa shape index (κ2) is 18.1. The molecule has 0 aliphatic carbocycles. The Morgan fingerprint density at radius 2 is 1.18 bits per heavy atom. The van der Waals surface area contributed by atoms with E-state index in [9.17, 15) is 0 Å². The lowest BCUT2D eigenvalue weighted by Gasteiger charge is -2.34. The van der Waals surface area contributed by atoms with Crippen molar-refractivity contribution in [2.45, 2.75) is 130 Å². The fourth-order valence-corrected chi connectivity index (χ4v) is 4.33. The van der Waals surface area contributed by atoms with Gasteiger partial charge in [-0.15, -0.1) is 0 Å². The van der Waals surface area contributed by atoms with Crippen LogP contribution in [0.25, 0.3) is 0 Å². The van der Waals surface area contributed by atoms with Gasteiger partial charge in [-0.25, -0.2) is 0 Å². The molecule has 0 heterocycles. The van der Waals surface area contributed by atoms with Crippen molar-refractivity contribution in [1.29, 1.82) is 0 Å². The highest BCUT2D eigenvalue weighted by Crippen LogP contribution is 2.41. The molecule has 0 aliphatic rings. The maximum atomic E-state index is 4.24. The fourth-order valence-electron chi connectivity index (χ4n) is 4.33. The van der Waals surface area contributed by atoms with Gasteiger partial charge in [0.2, 0.25) is 0 Å². The standard InChI is InChI=1S/C27H51N/c1-7-12-15-18-19-22-26(28-11-5)25(10-4)27(6,23-20-16-13-8-2)24-21-17-14-9-3/h10-11,28H,4-5,7-9,12-24H2,1-3,6H3/b26-25+. The van der Waals surface area contributed by atoms with Gasteiger partial charge in [-0.05, 0) is 42.9 Å². The summed E-state index contributed by atoms with van der Waals surface area (Å²) in [7, 11) is 0. The fraction of sp³-hybridized carbons (Fsp3) is 0.778. The van der Waals surface area contributed by atoms with Crippen LogP contribution in [-0.2, 0) is 0 Å². The van der Waals surface area contributed by atoms with Crippen LogP contribution in [0, 0.1) is 5.41 Å². The van der Waals surface area contributed by atoms with E-state index in [1.54, 1.807) is 0 Å². The molecule has 0 aromatic carbocycles. The summed E-state index contributed by atoms with van der Waals surface area (Å²) in [6.45, 7) is 17.6. The van der Waals surface area contributed by atoms with Crippen LogP contribution in [0.4, 0.5) is 0 Å². The second-order valence-electron chi connectivity index (χ2n) is 8.79. The molecule has 0 aromatic rings. The minimum absolute atomic E-state index is 0.234. The molecule has 0 bridgehead atoms. The number of allylic oxidation sites excluding steroid dienone is 3. The van der Waals surface area contributed by atoms with E-state index < -0.39 is 0 Å². The van der Waals surface area contributed by atoms with Gasteiger partial charge in [0.15, 0.2) is 0 Å². The SMILES string of the molecule is C=CN/C(CCCCCCC)=C(\C=C)C(C)(CCCCCC)CCCCCC. The van der Waals surface area contributed by atoms with Gasteiger partial charge in [0, 0.05) is 5.70 Å². The molecule has 0 saturated carbocycles. The molecular weight excluding hydrogens is 338 g/mol. The molecule has 0 saturated heterocycles. The van der Waals surface area contributed by atoms with Gasteiger partial charge in [0.05, 0.1) is 0 Å². The van der Waals surface area contributed by atoms with Crippen LogP contribution in [0.5, 0.6) is 0 Å². The van der Waals surface area contributed by atoms with Crippen LogP contribution in [0.15, 0.2) is 36.7 Å². The third-order valence-corrected chi connectivity index (χ3v) is 6.15. The Morgan fingerprint density at radius 3 is 1.61 bits per heavy atom. The topological polar surface area (TPSA) is 12.0 Å². The third kappa shape index (κ3) is 11.8. The monoisotopic (exact) mass is 389 g/mol. The molecule has 1 nitrogen and oxygen atoms in total. The van der Waals surface area contributed by atoms with Gasteiger partial charge < -0.3 is 5.32 Å². The highest BCUT2D eigenvalue weighted by Gasteiger charge is 2.28. The first-order valence-corrected chi connectivity index (χ1v) is 12.3. The van der Waals surface area contributed by atoms with Crippen molar-refractivity contribution in [3.8, 4) is 0 Å². The van der Waals surface area contributed by atoms with Crippen LogP contribution in [0.3, 0.4) is 0 Å². The second-order valence-corrected chi connectivity index (χ2v) is 8.79. The first kappa shape index (κ1) is 27.0. The largest absolute Gasteiger partial charge is 0.365 e. The van der Waals surface area contributed by atoms with Crippen LogP contribution >= 0.6 is 0 Å². The molecule has 0 rings (SSSR count). The Kier molecular flexibility index (Phi) is 17.4. The molecule has 0 spiro atoms. The zero-order valence-electron chi connectivity index (χ0n) is 19.9. The Labute approximate surface area is 178 Å². The molecule has 0 atom stereocenters. The highest BCUT2D eigenvalue weighted by atomic mass is 14.9. The van der Waals surface area contributed by atoms with Gasteiger partial charge in [-0.2, -0.15) is 0 Å². The van der Waals surface area contributed by atoms with E-state index in [0.717, 1.165) is 6.42 Å². The van der Waals surface area contributed by atoms with E-state index >= 15 is 0 Å². The van der Waals surface area contributed by atoms with Gasteiger partial charge in [0.25, 0.3) is 0 Å². The van der Waals surface area contributed by atoms with Crippen molar-refractivity contribution < 1.29 is 0 Å². The summed E-state index contributed by atoms with van der Waals surface area (Å²) in [6, 6.07) is 0. The van der Waals surface area contributed by atoms with Crippen molar-refractivity contribution in [3.63, 3.8) is 0 Å². The molecular formula is C27H51N. The van der Waals surface area contributed by atoms with E-state index in [1.807, 2.05) is 6.20 Å². The summed E-state index contributed by atoms with van der Waals surface area (Å²) in [5, 5.41) is 3.51. The average molecular weight is 390 g/mol. The lowest BCUT2D eigenvalue weighted by molar-refractivity contribution is 0.309. The average Bonchev–Trinajstić information content (AvgIpc) is 2.69. The normalized spacial score (nSPS) is 12.6. The smallest absolute Gasteiger partial charge is 0.0184 e. The Bertz CT molecular complexity index is 406. The Morgan fingerprint density at radius 1 is 0.714 bits per heavy atom. The highest BCUT2D eigenvalue weighted by molar-refractivity contribution is 5.31. The summed E-state index contributed by atoms with van der Waals surface area (Å²) >= 11 is 0. The van der Waals surface area contributed by atoms with Gasteiger partial charge in [-0.1, -0.05) is 124 Å². The van der Waals surface area contributed by atoms with E-state index in [0.29, 0.717) is 0 Å². The summed E-state index contributed by atoms with van der Waals surface area (Å²) in [6.07, 6.45) is 25.0. The predicted octanol–water partition coefficient (Wildman–Crippen LogP) is 9.47. The van der Waals surface area contributed by atoms with E-state index in [1.165, 1.54) is 108 Å². The van der Waals surface area contributed by atoms with Crippen molar-refractivity contribution in [1.82, 2.24) is 5.32 Å². The maximum Gasteiger partial charge on any atom is 0.0184 e. The predicted molar refractivity (Wildman–Crippen MR) is 130 cm³/mol. The molecule has 28 heavy (non-hydrogen) atoms. The molecule has 0 unspecified atom stereocenters. The summed E-state index contributed by atoms with van der Waals surface area (Å²) in [4.78, 5) is 0. The maximum absolute atomic E-state index is 4.24. The third-order valence-electron chi connectivity index (χ3n) is 6.15. The Balaban J connectivity index is 5.30. The zero-order chi connectivity index (χ0) is 21.1. The van der Waals surface area contributed by atoms with Gasteiger partial charge >= 0.3 is 0 Å². The number of rotatable bonds is 20. The molecule has 0 radical (unpaired) electrons. The molecule has 0 amide bonds. The van der Waals surface area contributed by atoms with Crippen molar-refractivity contribution in [3.05, 3.63) is 36.7 Å². The summed E-state index contributed by atoms with van der Waals surface area (Å²) in [5.41, 5.74) is 3.06. The Hall–Kier alpha value is -0.980.